The molecule has 1 N–H and O–H groups in total. The van der Waals surface area contributed by atoms with E-state index in [0.717, 1.165) is 24.2 Å². The lowest BCUT2D eigenvalue weighted by atomic mass is 10.1. The highest BCUT2D eigenvalue weighted by Gasteiger charge is 2.31. The Bertz CT molecular complexity index is 538. The molecule has 3 rings (SSSR count). The zero-order valence-corrected chi connectivity index (χ0v) is 10.9. The van der Waals surface area contributed by atoms with Crippen LogP contribution in [-0.4, -0.2) is 27.1 Å². The molecule has 1 aromatic carbocycles. The van der Waals surface area contributed by atoms with Crippen molar-refractivity contribution < 1.29 is 9.84 Å². The Hall–Kier alpha value is -1.65. The van der Waals surface area contributed by atoms with Gasteiger partial charge in [-0.2, -0.15) is 5.10 Å². The van der Waals surface area contributed by atoms with Crippen molar-refractivity contribution in [2.45, 2.75) is 38.1 Å². The van der Waals surface area contributed by atoms with E-state index >= 15 is 0 Å². The molecule has 0 amide bonds. The second-order valence-electron chi connectivity index (χ2n) is 5.01. The SMILES string of the molecule is CC1CCC(C(O)c2ccnn2-c2ccccc2)O1. The van der Waals surface area contributed by atoms with Gasteiger partial charge in [0.05, 0.1) is 23.6 Å². The fraction of sp³-hybridized carbons (Fsp3) is 0.400. The monoisotopic (exact) mass is 258 g/mol. The summed E-state index contributed by atoms with van der Waals surface area (Å²) in [5.74, 6) is 0. The predicted octanol–water partition coefficient (Wildman–Crippen LogP) is 2.47. The third-order valence-electron chi connectivity index (χ3n) is 3.59. The fourth-order valence-electron chi connectivity index (χ4n) is 2.58. The van der Waals surface area contributed by atoms with Crippen molar-refractivity contribution >= 4 is 0 Å². The number of para-hydroxylation sites is 1. The van der Waals surface area contributed by atoms with Crippen LogP contribution in [0, 0.1) is 0 Å². The predicted molar refractivity (Wildman–Crippen MR) is 72.1 cm³/mol. The zero-order chi connectivity index (χ0) is 13.2. The van der Waals surface area contributed by atoms with Crippen molar-refractivity contribution in [2.24, 2.45) is 0 Å². The molecule has 3 atom stereocenters. The van der Waals surface area contributed by atoms with E-state index in [4.69, 9.17) is 4.74 Å². The second-order valence-corrected chi connectivity index (χ2v) is 5.01. The van der Waals surface area contributed by atoms with Gasteiger partial charge in [0, 0.05) is 6.20 Å². The van der Waals surface area contributed by atoms with Crippen LogP contribution in [0.3, 0.4) is 0 Å². The van der Waals surface area contributed by atoms with E-state index in [0.29, 0.717) is 0 Å². The molecule has 0 saturated carbocycles. The minimum absolute atomic E-state index is 0.130. The van der Waals surface area contributed by atoms with Gasteiger partial charge >= 0.3 is 0 Å². The van der Waals surface area contributed by atoms with Gasteiger partial charge in [-0.05, 0) is 38.0 Å². The van der Waals surface area contributed by atoms with Crippen molar-refractivity contribution in [2.75, 3.05) is 0 Å². The minimum Gasteiger partial charge on any atom is -0.384 e. The summed E-state index contributed by atoms with van der Waals surface area (Å²) in [6.07, 6.45) is 3.07. The lowest BCUT2D eigenvalue weighted by Gasteiger charge is -2.19. The zero-order valence-electron chi connectivity index (χ0n) is 10.9. The maximum atomic E-state index is 10.5. The number of ether oxygens (including phenoxy) is 1. The smallest absolute Gasteiger partial charge is 0.122 e. The summed E-state index contributed by atoms with van der Waals surface area (Å²) in [5, 5.41) is 14.8. The minimum atomic E-state index is -0.632. The average molecular weight is 258 g/mol. The number of aromatic nitrogens is 2. The second kappa shape index (κ2) is 5.15. The molecule has 0 bridgehead atoms. The third kappa shape index (κ3) is 2.41. The molecule has 0 spiro atoms. The summed E-state index contributed by atoms with van der Waals surface area (Å²) >= 11 is 0. The third-order valence-corrected chi connectivity index (χ3v) is 3.59. The van der Waals surface area contributed by atoms with Crippen LogP contribution in [0.4, 0.5) is 0 Å². The number of rotatable bonds is 3. The summed E-state index contributed by atoms with van der Waals surface area (Å²) in [5.41, 5.74) is 1.73. The Labute approximate surface area is 112 Å². The molecule has 1 fully saturated rings. The molecule has 4 nitrogen and oxygen atoms in total. The van der Waals surface area contributed by atoms with E-state index < -0.39 is 6.10 Å². The van der Waals surface area contributed by atoms with Crippen molar-refractivity contribution in [3.05, 3.63) is 48.3 Å². The molecule has 3 unspecified atom stereocenters. The molecule has 2 heterocycles. The highest BCUT2D eigenvalue weighted by molar-refractivity contribution is 5.33. The lowest BCUT2D eigenvalue weighted by Crippen LogP contribution is -2.21. The highest BCUT2D eigenvalue weighted by atomic mass is 16.5. The van der Waals surface area contributed by atoms with Crippen LogP contribution < -0.4 is 0 Å². The number of benzene rings is 1. The van der Waals surface area contributed by atoms with Gasteiger partial charge < -0.3 is 9.84 Å². The standard InChI is InChI=1S/C15H18N2O2/c1-11-7-8-14(19-11)15(18)13-9-10-16-17(13)12-5-3-2-4-6-12/h2-6,9-11,14-15,18H,7-8H2,1H3. The summed E-state index contributed by atoms with van der Waals surface area (Å²) in [6, 6.07) is 11.7. The number of hydrogen-bond acceptors (Lipinski definition) is 3. The van der Waals surface area contributed by atoms with Crippen molar-refractivity contribution in [1.82, 2.24) is 9.78 Å². The van der Waals surface area contributed by atoms with E-state index in [1.165, 1.54) is 0 Å². The van der Waals surface area contributed by atoms with Crippen LogP contribution >= 0.6 is 0 Å². The van der Waals surface area contributed by atoms with E-state index in [1.54, 1.807) is 10.9 Å². The van der Waals surface area contributed by atoms with Gasteiger partial charge in [0.25, 0.3) is 0 Å². The molecule has 100 valence electrons. The molecule has 0 radical (unpaired) electrons. The first-order valence-electron chi connectivity index (χ1n) is 6.68. The van der Waals surface area contributed by atoms with E-state index in [-0.39, 0.29) is 12.2 Å². The number of aliphatic hydroxyl groups is 1. The van der Waals surface area contributed by atoms with Gasteiger partial charge in [-0.1, -0.05) is 18.2 Å². The summed E-state index contributed by atoms with van der Waals surface area (Å²) in [7, 11) is 0. The first-order valence-corrected chi connectivity index (χ1v) is 6.68. The first kappa shape index (κ1) is 12.4. The summed E-state index contributed by atoms with van der Waals surface area (Å²) in [4.78, 5) is 0. The molecular weight excluding hydrogens is 240 g/mol. The Balaban J connectivity index is 1.88. The number of aliphatic hydroxyl groups excluding tert-OH is 1. The van der Waals surface area contributed by atoms with Gasteiger partial charge in [-0.15, -0.1) is 0 Å². The van der Waals surface area contributed by atoms with Crippen molar-refractivity contribution in [3.8, 4) is 5.69 Å². The summed E-state index contributed by atoms with van der Waals surface area (Å²) < 4.78 is 7.52. The molecule has 1 aliphatic rings. The van der Waals surface area contributed by atoms with Crippen LogP contribution in [0.15, 0.2) is 42.6 Å². The van der Waals surface area contributed by atoms with Crippen molar-refractivity contribution in [3.63, 3.8) is 0 Å². The van der Waals surface area contributed by atoms with Crippen LogP contribution in [0.5, 0.6) is 0 Å². The van der Waals surface area contributed by atoms with E-state index in [2.05, 4.69) is 5.10 Å². The molecular formula is C15H18N2O2. The maximum absolute atomic E-state index is 10.5. The lowest BCUT2D eigenvalue weighted by molar-refractivity contribution is -0.0323. The van der Waals surface area contributed by atoms with Gasteiger partial charge in [0.15, 0.2) is 0 Å². The van der Waals surface area contributed by atoms with Crippen LogP contribution in [0.25, 0.3) is 5.69 Å². The largest absolute Gasteiger partial charge is 0.384 e. The molecule has 0 aliphatic carbocycles. The average Bonchev–Trinajstić information content (AvgIpc) is 3.07. The van der Waals surface area contributed by atoms with Crippen LogP contribution in [-0.2, 0) is 4.74 Å². The van der Waals surface area contributed by atoms with E-state index in [1.807, 2.05) is 43.3 Å². The quantitative estimate of drug-likeness (QED) is 0.920. The van der Waals surface area contributed by atoms with Gasteiger partial charge in [-0.25, -0.2) is 4.68 Å². The molecule has 1 saturated heterocycles. The summed E-state index contributed by atoms with van der Waals surface area (Å²) in [6.45, 7) is 2.04. The normalized spacial score (nSPS) is 24.5. The number of nitrogens with zero attached hydrogens (tertiary/aromatic N) is 2. The first-order chi connectivity index (χ1) is 9.25. The van der Waals surface area contributed by atoms with Gasteiger partial charge in [0.1, 0.15) is 6.10 Å². The molecule has 19 heavy (non-hydrogen) atoms. The van der Waals surface area contributed by atoms with Gasteiger partial charge in [0.2, 0.25) is 0 Å². The van der Waals surface area contributed by atoms with Crippen LogP contribution in [0.2, 0.25) is 0 Å². The van der Waals surface area contributed by atoms with Crippen LogP contribution in [0.1, 0.15) is 31.6 Å². The molecule has 1 aliphatic heterocycles. The molecule has 1 aromatic heterocycles. The Morgan fingerprint density at radius 3 is 2.74 bits per heavy atom. The molecule has 2 aromatic rings. The molecule has 4 heteroatoms. The Kier molecular flexibility index (Phi) is 3.36. The highest BCUT2D eigenvalue weighted by Crippen LogP contribution is 2.30. The Morgan fingerprint density at radius 2 is 2.05 bits per heavy atom. The van der Waals surface area contributed by atoms with Gasteiger partial charge in [-0.3, -0.25) is 0 Å². The fourth-order valence-corrected chi connectivity index (χ4v) is 2.58. The Morgan fingerprint density at radius 1 is 1.26 bits per heavy atom. The van der Waals surface area contributed by atoms with E-state index in [9.17, 15) is 5.11 Å². The van der Waals surface area contributed by atoms with Crippen molar-refractivity contribution in [1.29, 1.82) is 0 Å². The maximum Gasteiger partial charge on any atom is 0.122 e. The topological polar surface area (TPSA) is 47.3 Å². The number of hydrogen-bond donors (Lipinski definition) is 1.